The van der Waals surface area contributed by atoms with E-state index >= 15 is 0 Å². The predicted octanol–water partition coefficient (Wildman–Crippen LogP) is 3.54. The number of halogens is 1. The summed E-state index contributed by atoms with van der Waals surface area (Å²) in [4.78, 5) is 4.25. The van der Waals surface area contributed by atoms with E-state index in [1.165, 1.54) is 5.56 Å². The lowest BCUT2D eigenvalue weighted by molar-refractivity contribution is 0.591. The molecule has 0 bridgehead atoms. The van der Waals surface area contributed by atoms with Crippen LogP contribution in [0.5, 0.6) is 0 Å². The number of aliphatic imine (C=N–C) groups is 1. The van der Waals surface area contributed by atoms with Crippen molar-refractivity contribution in [2.24, 2.45) is 4.99 Å². The first-order valence-corrected chi connectivity index (χ1v) is 12.1. The van der Waals surface area contributed by atoms with E-state index in [1.807, 2.05) is 48.5 Å². The van der Waals surface area contributed by atoms with E-state index in [4.69, 9.17) is 11.6 Å². The van der Waals surface area contributed by atoms with Crippen LogP contribution in [-0.4, -0.2) is 40.3 Å². The number of benzene rings is 2. The highest BCUT2D eigenvalue weighted by Crippen LogP contribution is 2.48. The number of hydrogen-bond donors (Lipinski definition) is 2. The summed E-state index contributed by atoms with van der Waals surface area (Å²) in [5.41, 5.74) is 2.19. The molecule has 2 N–H and O–H groups in total. The molecule has 0 amide bonds. The molecule has 156 valence electrons. The summed E-state index contributed by atoms with van der Waals surface area (Å²) in [5.74, 6) is 0.931. The highest BCUT2D eigenvalue weighted by Gasteiger charge is 2.44. The molecule has 29 heavy (non-hydrogen) atoms. The molecule has 2 aromatic rings. The molecule has 0 unspecified atom stereocenters. The lowest BCUT2D eigenvalue weighted by atomic mass is 9.96. The van der Waals surface area contributed by atoms with Crippen LogP contribution in [0.1, 0.15) is 30.4 Å². The minimum absolute atomic E-state index is 0.0863. The second-order valence-corrected chi connectivity index (χ2v) is 10.2. The van der Waals surface area contributed by atoms with E-state index in [1.54, 1.807) is 7.05 Å². The van der Waals surface area contributed by atoms with Crippen molar-refractivity contribution in [2.75, 3.05) is 25.9 Å². The molecule has 0 heterocycles. The first-order valence-electron chi connectivity index (χ1n) is 9.87. The van der Waals surface area contributed by atoms with Gasteiger partial charge in [0.1, 0.15) is 0 Å². The molecule has 0 saturated heterocycles. The third-order valence-corrected chi connectivity index (χ3v) is 7.18. The predicted molar refractivity (Wildman–Crippen MR) is 120 cm³/mol. The highest BCUT2D eigenvalue weighted by molar-refractivity contribution is 7.90. The van der Waals surface area contributed by atoms with E-state index in [9.17, 15) is 8.42 Å². The molecule has 0 aliphatic heterocycles. The number of nitrogens with zero attached hydrogens (tertiary/aromatic N) is 1. The second kappa shape index (κ2) is 9.63. The van der Waals surface area contributed by atoms with Crippen LogP contribution in [0, 0.1) is 0 Å². The van der Waals surface area contributed by atoms with Crippen LogP contribution in [0.3, 0.4) is 0 Å². The summed E-state index contributed by atoms with van der Waals surface area (Å²) in [6, 6.07) is 17.3. The summed E-state index contributed by atoms with van der Waals surface area (Å²) in [6.07, 6.45) is 2.78. The van der Waals surface area contributed by atoms with Crippen LogP contribution >= 0.6 is 11.6 Å². The zero-order valence-corrected chi connectivity index (χ0v) is 18.3. The van der Waals surface area contributed by atoms with Gasteiger partial charge in [-0.1, -0.05) is 54.1 Å². The minimum Gasteiger partial charge on any atom is -0.356 e. The van der Waals surface area contributed by atoms with E-state index in [0.29, 0.717) is 18.9 Å². The summed E-state index contributed by atoms with van der Waals surface area (Å²) in [7, 11) is -1.40. The minimum atomic E-state index is -3.12. The van der Waals surface area contributed by atoms with Gasteiger partial charge in [-0.3, -0.25) is 4.99 Å². The SMILES string of the molecule is CN=C(NCCCS(=O)(=O)Cc1ccccc1)NCC1(c2cccc(Cl)c2)CC1. The smallest absolute Gasteiger partial charge is 0.191 e. The molecule has 0 spiro atoms. The quantitative estimate of drug-likeness (QED) is 0.360. The molecule has 0 atom stereocenters. The van der Waals surface area contributed by atoms with Crippen LogP contribution in [0.25, 0.3) is 0 Å². The third-order valence-electron chi connectivity index (χ3n) is 5.26. The van der Waals surface area contributed by atoms with Gasteiger partial charge < -0.3 is 10.6 Å². The van der Waals surface area contributed by atoms with Crippen molar-refractivity contribution in [2.45, 2.75) is 30.4 Å². The van der Waals surface area contributed by atoms with Crippen LogP contribution < -0.4 is 10.6 Å². The van der Waals surface area contributed by atoms with Gasteiger partial charge in [-0.05, 0) is 42.5 Å². The van der Waals surface area contributed by atoms with Crippen molar-refractivity contribution in [3.05, 3.63) is 70.7 Å². The molecule has 7 heteroatoms. The van der Waals surface area contributed by atoms with E-state index in [0.717, 1.165) is 30.0 Å². The van der Waals surface area contributed by atoms with Gasteiger partial charge >= 0.3 is 0 Å². The summed E-state index contributed by atoms with van der Waals surface area (Å²) >= 11 is 6.14. The van der Waals surface area contributed by atoms with Gasteiger partial charge in [0.2, 0.25) is 0 Å². The van der Waals surface area contributed by atoms with Gasteiger partial charge in [0.25, 0.3) is 0 Å². The topological polar surface area (TPSA) is 70.6 Å². The molecule has 0 radical (unpaired) electrons. The Kier molecular flexibility index (Phi) is 7.19. The molecule has 1 saturated carbocycles. The van der Waals surface area contributed by atoms with Crippen molar-refractivity contribution in [1.29, 1.82) is 0 Å². The fourth-order valence-corrected chi connectivity index (χ4v) is 5.03. The van der Waals surface area contributed by atoms with Gasteiger partial charge in [-0.25, -0.2) is 8.42 Å². The summed E-state index contributed by atoms with van der Waals surface area (Å²) < 4.78 is 24.6. The Morgan fingerprint density at radius 2 is 1.86 bits per heavy atom. The van der Waals surface area contributed by atoms with Crippen molar-refractivity contribution in [3.63, 3.8) is 0 Å². The summed E-state index contributed by atoms with van der Waals surface area (Å²) in [5, 5.41) is 7.35. The monoisotopic (exact) mass is 433 g/mol. The fraction of sp³-hybridized carbons (Fsp3) is 0.409. The molecule has 1 aliphatic carbocycles. The zero-order chi connectivity index (χ0) is 20.7. The third kappa shape index (κ3) is 6.47. The maximum absolute atomic E-state index is 12.3. The summed E-state index contributed by atoms with van der Waals surface area (Å²) in [6.45, 7) is 1.33. The number of nitrogens with one attached hydrogen (secondary N) is 2. The normalized spacial score (nSPS) is 15.7. The van der Waals surface area contributed by atoms with Crippen molar-refractivity contribution < 1.29 is 8.42 Å². The molecule has 1 fully saturated rings. The number of rotatable bonds is 9. The van der Waals surface area contributed by atoms with Crippen LogP contribution in [0.4, 0.5) is 0 Å². The van der Waals surface area contributed by atoms with E-state index in [2.05, 4.69) is 21.7 Å². The van der Waals surface area contributed by atoms with Crippen molar-refractivity contribution in [3.8, 4) is 0 Å². The molecule has 5 nitrogen and oxygen atoms in total. The Morgan fingerprint density at radius 1 is 1.10 bits per heavy atom. The molecule has 2 aromatic carbocycles. The first-order chi connectivity index (χ1) is 13.9. The fourth-order valence-electron chi connectivity index (χ4n) is 3.41. The largest absolute Gasteiger partial charge is 0.356 e. The Morgan fingerprint density at radius 3 is 2.52 bits per heavy atom. The number of sulfone groups is 1. The molecular weight excluding hydrogens is 406 g/mol. The lowest BCUT2D eigenvalue weighted by Gasteiger charge is -2.19. The lowest BCUT2D eigenvalue weighted by Crippen LogP contribution is -2.41. The molecule has 3 rings (SSSR count). The Balaban J connectivity index is 1.42. The first kappa shape index (κ1) is 21.7. The molecular formula is C22H28ClN3O2S. The Bertz CT molecular complexity index is 942. The number of guanidine groups is 1. The van der Waals surface area contributed by atoms with Gasteiger partial charge in [0.05, 0.1) is 11.5 Å². The van der Waals surface area contributed by atoms with Crippen molar-refractivity contribution in [1.82, 2.24) is 10.6 Å². The van der Waals surface area contributed by atoms with Crippen molar-refractivity contribution >= 4 is 27.4 Å². The average Bonchev–Trinajstić information content (AvgIpc) is 3.49. The maximum atomic E-state index is 12.3. The van der Waals surface area contributed by atoms with Crippen LogP contribution in [0.15, 0.2) is 59.6 Å². The van der Waals surface area contributed by atoms with Gasteiger partial charge in [0.15, 0.2) is 15.8 Å². The Labute approximate surface area is 178 Å². The van der Waals surface area contributed by atoms with E-state index in [-0.39, 0.29) is 16.9 Å². The molecule has 0 aromatic heterocycles. The van der Waals surface area contributed by atoms with Gasteiger partial charge in [-0.15, -0.1) is 0 Å². The van der Waals surface area contributed by atoms with Gasteiger partial charge in [-0.2, -0.15) is 0 Å². The van der Waals surface area contributed by atoms with Gasteiger partial charge in [0, 0.05) is 30.6 Å². The average molecular weight is 434 g/mol. The number of hydrogen-bond acceptors (Lipinski definition) is 3. The standard InChI is InChI=1S/C22H28ClN3O2S/c1-24-21(26-17-22(11-12-22)19-9-5-10-20(23)15-19)25-13-6-14-29(27,28)16-18-7-3-2-4-8-18/h2-5,7-10,15H,6,11-14,16-17H2,1H3,(H2,24,25,26). The zero-order valence-electron chi connectivity index (χ0n) is 16.7. The molecule has 1 aliphatic rings. The van der Waals surface area contributed by atoms with Crippen LogP contribution in [-0.2, 0) is 21.0 Å². The maximum Gasteiger partial charge on any atom is 0.191 e. The van der Waals surface area contributed by atoms with Crippen LogP contribution in [0.2, 0.25) is 5.02 Å². The van der Waals surface area contributed by atoms with E-state index < -0.39 is 9.84 Å². The highest BCUT2D eigenvalue weighted by atomic mass is 35.5. The Hall–Kier alpha value is -2.05. The second-order valence-electron chi connectivity index (χ2n) is 7.57.